The number of rotatable bonds is 6. The molecule has 0 bridgehead atoms. The van der Waals surface area contributed by atoms with Gasteiger partial charge in [-0.25, -0.2) is 12.1 Å². The van der Waals surface area contributed by atoms with Crippen LogP contribution in [0.15, 0.2) is 115 Å². The Kier molecular flexibility index (Phi) is 9.37. The first kappa shape index (κ1) is 20.9. The van der Waals surface area contributed by atoms with E-state index in [0.717, 1.165) is 19.6 Å². The zero-order valence-electron chi connectivity index (χ0n) is 15.4. The van der Waals surface area contributed by atoms with Crippen molar-refractivity contribution in [3.63, 3.8) is 0 Å². The average molecular weight is 395 g/mol. The Balaban J connectivity index is 0.000000379. The summed E-state index contributed by atoms with van der Waals surface area (Å²) in [7, 11) is 0. The minimum absolute atomic E-state index is 0. The van der Waals surface area contributed by atoms with Crippen LogP contribution >= 0.6 is 0 Å². The van der Waals surface area contributed by atoms with Crippen molar-refractivity contribution < 1.29 is 17.1 Å². The Morgan fingerprint density at radius 1 is 0.593 bits per heavy atom. The molecule has 0 radical (unpaired) electrons. The molecule has 0 aliphatic carbocycles. The van der Waals surface area contributed by atoms with Gasteiger partial charge in [0.05, 0.1) is 0 Å². The fraction of sp³-hybridized carbons (Fsp3) is 0.120. The SMILES string of the molecule is [Fe].[cH-]1[cH-][cH-][cH-][cH-]1.c1ccc(CN(Cc2ccccc2)C[c-]2cccc2)cc1. The van der Waals surface area contributed by atoms with Crippen LogP contribution in [-0.4, -0.2) is 4.90 Å². The maximum absolute atomic E-state index is 2.49. The van der Waals surface area contributed by atoms with Gasteiger partial charge in [-0.3, -0.25) is 0 Å². The number of hydrogen-bond donors (Lipinski definition) is 0. The second-order valence-electron chi connectivity index (χ2n) is 6.37. The fourth-order valence-corrected chi connectivity index (χ4v) is 2.95. The van der Waals surface area contributed by atoms with Gasteiger partial charge in [0, 0.05) is 30.2 Å². The summed E-state index contributed by atoms with van der Waals surface area (Å²) in [4.78, 5) is 2.49. The van der Waals surface area contributed by atoms with Crippen molar-refractivity contribution in [1.29, 1.82) is 0 Å². The first-order valence-corrected chi connectivity index (χ1v) is 9.07. The Labute approximate surface area is 173 Å². The predicted octanol–water partition coefficient (Wildman–Crippen LogP) is 6.01. The van der Waals surface area contributed by atoms with Crippen molar-refractivity contribution in [3.05, 3.63) is 132 Å². The standard InChI is InChI=1S/C20H20N.C5H5.Fe/c1-3-9-18(10-4-1)15-21(17-20-13-7-8-14-20)16-19-11-5-2-6-12-19;1-2-4-5-3-1;/h1-14H,15-17H2;1-5H;/q-1;-5;. The molecular formula is C25H25FeN-6. The molecule has 0 N–H and O–H groups in total. The number of nitrogens with zero attached hydrogens (tertiary/aromatic N) is 1. The molecule has 144 valence electrons. The fourth-order valence-electron chi connectivity index (χ4n) is 2.95. The van der Waals surface area contributed by atoms with E-state index in [-0.39, 0.29) is 17.1 Å². The minimum Gasteiger partial charge on any atom is -0.748 e. The quantitative estimate of drug-likeness (QED) is 0.285. The average Bonchev–Trinajstić information content (AvgIpc) is 3.40. The van der Waals surface area contributed by atoms with Gasteiger partial charge < -0.3 is 35.2 Å². The number of hydrogen-bond acceptors (Lipinski definition) is 1. The van der Waals surface area contributed by atoms with E-state index in [2.05, 4.69) is 89.8 Å². The summed E-state index contributed by atoms with van der Waals surface area (Å²) in [5.74, 6) is 0. The molecule has 1 nitrogen and oxygen atoms in total. The molecule has 0 heterocycles. The molecule has 4 aromatic rings. The molecule has 27 heavy (non-hydrogen) atoms. The Bertz CT molecular complexity index is 747. The largest absolute Gasteiger partial charge is 0.748 e. The van der Waals surface area contributed by atoms with Gasteiger partial charge >= 0.3 is 0 Å². The second kappa shape index (κ2) is 12.1. The maximum Gasteiger partial charge on any atom is 0.0229 e. The van der Waals surface area contributed by atoms with Crippen LogP contribution in [0.2, 0.25) is 0 Å². The molecule has 0 spiro atoms. The topological polar surface area (TPSA) is 3.24 Å². The van der Waals surface area contributed by atoms with Crippen LogP contribution in [0.25, 0.3) is 0 Å². The van der Waals surface area contributed by atoms with Gasteiger partial charge in [-0.2, -0.15) is 12.1 Å². The molecule has 0 saturated carbocycles. The normalized spacial score (nSPS) is 9.96. The van der Waals surface area contributed by atoms with E-state index >= 15 is 0 Å². The summed E-state index contributed by atoms with van der Waals surface area (Å²) in [5, 5.41) is 0. The molecule has 4 rings (SSSR count). The van der Waals surface area contributed by atoms with Crippen molar-refractivity contribution in [2.24, 2.45) is 0 Å². The van der Waals surface area contributed by atoms with Crippen LogP contribution in [0.5, 0.6) is 0 Å². The van der Waals surface area contributed by atoms with E-state index in [1.807, 2.05) is 30.3 Å². The van der Waals surface area contributed by atoms with E-state index in [0.29, 0.717) is 0 Å². The van der Waals surface area contributed by atoms with E-state index in [9.17, 15) is 0 Å². The summed E-state index contributed by atoms with van der Waals surface area (Å²) in [6.45, 7) is 2.93. The van der Waals surface area contributed by atoms with E-state index in [1.54, 1.807) is 0 Å². The molecule has 0 aliphatic rings. The van der Waals surface area contributed by atoms with Crippen molar-refractivity contribution >= 4 is 0 Å². The smallest absolute Gasteiger partial charge is 0.0229 e. The van der Waals surface area contributed by atoms with Crippen LogP contribution in [0.4, 0.5) is 0 Å². The second-order valence-corrected chi connectivity index (χ2v) is 6.37. The van der Waals surface area contributed by atoms with Gasteiger partial charge in [-0.15, -0.1) is 5.56 Å². The third-order valence-electron chi connectivity index (χ3n) is 4.19. The van der Waals surface area contributed by atoms with E-state index in [4.69, 9.17) is 0 Å². The van der Waals surface area contributed by atoms with Crippen molar-refractivity contribution in [2.75, 3.05) is 0 Å². The van der Waals surface area contributed by atoms with Crippen LogP contribution < -0.4 is 0 Å². The summed E-state index contributed by atoms with van der Waals surface area (Å²) in [6.07, 6.45) is 0. The molecule has 4 aromatic carbocycles. The molecule has 2 heteroatoms. The molecule has 0 fully saturated rings. The molecule has 0 unspecified atom stereocenters. The van der Waals surface area contributed by atoms with Crippen LogP contribution in [0, 0.1) is 0 Å². The monoisotopic (exact) mass is 395 g/mol. The molecule has 0 amide bonds. The Morgan fingerprint density at radius 2 is 1.00 bits per heavy atom. The van der Waals surface area contributed by atoms with Crippen molar-refractivity contribution in [1.82, 2.24) is 4.90 Å². The Hall–Kier alpha value is -2.38. The first-order chi connectivity index (χ1) is 12.9. The molecule has 0 aromatic heterocycles. The van der Waals surface area contributed by atoms with Crippen molar-refractivity contribution in [3.8, 4) is 0 Å². The van der Waals surface area contributed by atoms with E-state index in [1.165, 1.54) is 16.7 Å². The summed E-state index contributed by atoms with van der Waals surface area (Å²) < 4.78 is 0. The zero-order chi connectivity index (χ0) is 17.9. The summed E-state index contributed by atoms with van der Waals surface area (Å²) in [5.41, 5.74) is 4.10. The van der Waals surface area contributed by atoms with Gasteiger partial charge in [-0.05, 0) is 17.7 Å². The van der Waals surface area contributed by atoms with Gasteiger partial charge in [0.15, 0.2) is 0 Å². The summed E-state index contributed by atoms with van der Waals surface area (Å²) in [6, 6.07) is 40.0. The van der Waals surface area contributed by atoms with Crippen LogP contribution in [0.3, 0.4) is 0 Å². The molecule has 0 atom stereocenters. The van der Waals surface area contributed by atoms with Crippen LogP contribution in [-0.2, 0) is 36.7 Å². The minimum atomic E-state index is 0. The van der Waals surface area contributed by atoms with Gasteiger partial charge in [0.25, 0.3) is 0 Å². The third-order valence-corrected chi connectivity index (χ3v) is 4.19. The zero-order valence-corrected chi connectivity index (χ0v) is 16.5. The first-order valence-electron chi connectivity index (χ1n) is 9.07. The van der Waals surface area contributed by atoms with Gasteiger partial charge in [-0.1, -0.05) is 60.7 Å². The van der Waals surface area contributed by atoms with Gasteiger partial charge in [0.1, 0.15) is 0 Å². The molecule has 0 aliphatic heterocycles. The third kappa shape index (κ3) is 7.80. The van der Waals surface area contributed by atoms with Gasteiger partial charge in [0.2, 0.25) is 0 Å². The van der Waals surface area contributed by atoms with Crippen LogP contribution in [0.1, 0.15) is 16.7 Å². The van der Waals surface area contributed by atoms with Crippen molar-refractivity contribution in [2.45, 2.75) is 19.6 Å². The maximum atomic E-state index is 2.49. The summed E-state index contributed by atoms with van der Waals surface area (Å²) >= 11 is 0. The number of benzene rings is 2. The molecular weight excluding hydrogens is 370 g/mol. The molecule has 0 saturated heterocycles. The Morgan fingerprint density at radius 3 is 1.41 bits per heavy atom. The van der Waals surface area contributed by atoms with E-state index < -0.39 is 0 Å². The predicted molar refractivity (Wildman–Crippen MR) is 110 cm³/mol.